The number of halogens is 1. The van der Waals surface area contributed by atoms with Gasteiger partial charge in [0.15, 0.2) is 11.6 Å². The summed E-state index contributed by atoms with van der Waals surface area (Å²) in [6.45, 7) is 0. The summed E-state index contributed by atoms with van der Waals surface area (Å²) in [5.74, 6) is 0.582. The maximum absolute atomic E-state index is 13.6. The summed E-state index contributed by atoms with van der Waals surface area (Å²) in [6, 6.07) is 5.99. The molecule has 1 aliphatic rings. The summed E-state index contributed by atoms with van der Waals surface area (Å²) in [5.41, 5.74) is 1.11. The largest absolute Gasteiger partial charge is 0.494 e. The van der Waals surface area contributed by atoms with Crippen molar-refractivity contribution in [3.05, 3.63) is 29.6 Å². The molecule has 0 bridgehead atoms. The van der Waals surface area contributed by atoms with Gasteiger partial charge in [0.1, 0.15) is 0 Å². The first-order valence-electron chi connectivity index (χ1n) is 6.25. The quantitative estimate of drug-likeness (QED) is 0.872. The van der Waals surface area contributed by atoms with Crippen LogP contribution in [0.2, 0.25) is 0 Å². The number of nitrogens with one attached hydrogen (secondary N) is 1. The molecule has 17 heavy (non-hydrogen) atoms. The van der Waals surface area contributed by atoms with Gasteiger partial charge in [-0.3, -0.25) is 0 Å². The Morgan fingerprint density at radius 3 is 2.47 bits per heavy atom. The molecule has 0 aliphatic heterocycles. The number of hydrogen-bond donors (Lipinski definition) is 1. The van der Waals surface area contributed by atoms with E-state index in [0.29, 0.717) is 17.7 Å². The summed E-state index contributed by atoms with van der Waals surface area (Å²) in [4.78, 5) is 0. The van der Waals surface area contributed by atoms with Gasteiger partial charge in [0.25, 0.3) is 0 Å². The molecule has 0 amide bonds. The third-order valence-electron chi connectivity index (χ3n) is 3.78. The standard InChI is InChI=1S/C14H20FNO/c1-16-12-6-3-10(4-7-12)11-5-8-14(17-2)13(15)9-11/h5,8-10,12,16H,3-4,6-7H2,1-2H3. The molecule has 94 valence electrons. The predicted octanol–water partition coefficient (Wildman–Crippen LogP) is 3.08. The fourth-order valence-corrected chi connectivity index (χ4v) is 2.65. The molecule has 2 nitrogen and oxygen atoms in total. The third-order valence-corrected chi connectivity index (χ3v) is 3.78. The van der Waals surface area contributed by atoms with Crippen LogP contribution in [0.5, 0.6) is 5.75 Å². The van der Waals surface area contributed by atoms with E-state index < -0.39 is 0 Å². The van der Waals surface area contributed by atoms with E-state index in [-0.39, 0.29) is 5.82 Å². The lowest BCUT2D eigenvalue weighted by molar-refractivity contribution is 0.356. The lowest BCUT2D eigenvalue weighted by atomic mass is 9.82. The summed E-state index contributed by atoms with van der Waals surface area (Å²) >= 11 is 0. The molecule has 1 saturated carbocycles. The summed E-state index contributed by atoms with van der Waals surface area (Å²) in [6.07, 6.45) is 4.62. The molecular weight excluding hydrogens is 217 g/mol. The van der Waals surface area contributed by atoms with Crippen molar-refractivity contribution in [3.8, 4) is 5.75 Å². The highest BCUT2D eigenvalue weighted by Crippen LogP contribution is 2.34. The highest BCUT2D eigenvalue weighted by molar-refractivity contribution is 5.31. The average molecular weight is 237 g/mol. The highest BCUT2D eigenvalue weighted by atomic mass is 19.1. The Bertz CT molecular complexity index is 372. The maximum atomic E-state index is 13.6. The van der Waals surface area contributed by atoms with E-state index in [9.17, 15) is 4.39 Å². The van der Waals surface area contributed by atoms with Crippen molar-refractivity contribution < 1.29 is 9.13 Å². The Morgan fingerprint density at radius 2 is 1.94 bits per heavy atom. The van der Waals surface area contributed by atoms with Gasteiger partial charge in [-0.15, -0.1) is 0 Å². The van der Waals surface area contributed by atoms with E-state index in [1.54, 1.807) is 12.1 Å². The van der Waals surface area contributed by atoms with Crippen LogP contribution in [0.3, 0.4) is 0 Å². The van der Waals surface area contributed by atoms with Gasteiger partial charge < -0.3 is 10.1 Å². The first-order valence-corrected chi connectivity index (χ1v) is 6.25. The average Bonchev–Trinajstić information content (AvgIpc) is 2.39. The first-order chi connectivity index (χ1) is 8.24. The van der Waals surface area contributed by atoms with Crippen LogP contribution in [0.15, 0.2) is 18.2 Å². The molecular formula is C14H20FNO. The molecule has 0 saturated heterocycles. The predicted molar refractivity (Wildman–Crippen MR) is 67.0 cm³/mol. The van der Waals surface area contributed by atoms with Crippen molar-refractivity contribution >= 4 is 0 Å². The van der Waals surface area contributed by atoms with Gasteiger partial charge in [0.05, 0.1) is 7.11 Å². The molecule has 2 rings (SSSR count). The molecule has 1 fully saturated rings. The number of hydrogen-bond acceptors (Lipinski definition) is 2. The number of benzene rings is 1. The van der Waals surface area contributed by atoms with E-state index in [4.69, 9.17) is 4.74 Å². The van der Waals surface area contributed by atoms with Crippen LogP contribution in [-0.4, -0.2) is 20.2 Å². The van der Waals surface area contributed by atoms with Crippen molar-refractivity contribution in [2.45, 2.75) is 37.6 Å². The van der Waals surface area contributed by atoms with Crippen molar-refractivity contribution in [3.63, 3.8) is 0 Å². The van der Waals surface area contributed by atoms with E-state index in [0.717, 1.165) is 18.4 Å². The highest BCUT2D eigenvalue weighted by Gasteiger charge is 2.21. The van der Waals surface area contributed by atoms with Crippen LogP contribution in [0.1, 0.15) is 37.2 Å². The molecule has 0 spiro atoms. The summed E-state index contributed by atoms with van der Waals surface area (Å²) in [7, 11) is 3.51. The topological polar surface area (TPSA) is 21.3 Å². The Kier molecular flexibility index (Phi) is 4.00. The third kappa shape index (κ3) is 2.78. The van der Waals surface area contributed by atoms with Crippen LogP contribution in [-0.2, 0) is 0 Å². The van der Waals surface area contributed by atoms with Crippen molar-refractivity contribution in [2.24, 2.45) is 0 Å². The van der Waals surface area contributed by atoms with Crippen molar-refractivity contribution in [1.29, 1.82) is 0 Å². The van der Waals surface area contributed by atoms with Gasteiger partial charge in [-0.2, -0.15) is 0 Å². The minimum atomic E-state index is -0.249. The molecule has 1 N–H and O–H groups in total. The van der Waals surface area contributed by atoms with E-state index >= 15 is 0 Å². The molecule has 0 aromatic heterocycles. The lowest BCUT2D eigenvalue weighted by Crippen LogP contribution is -2.29. The fourth-order valence-electron chi connectivity index (χ4n) is 2.65. The van der Waals surface area contributed by atoms with E-state index in [1.807, 2.05) is 13.1 Å². The normalized spacial score (nSPS) is 24.6. The lowest BCUT2D eigenvalue weighted by Gasteiger charge is -2.28. The zero-order valence-electron chi connectivity index (χ0n) is 10.5. The minimum Gasteiger partial charge on any atom is -0.494 e. The molecule has 3 heteroatoms. The molecule has 1 aromatic rings. The maximum Gasteiger partial charge on any atom is 0.165 e. The van der Waals surface area contributed by atoms with Crippen LogP contribution >= 0.6 is 0 Å². The second-order valence-electron chi connectivity index (χ2n) is 4.73. The van der Waals surface area contributed by atoms with Gasteiger partial charge in [0.2, 0.25) is 0 Å². The molecule has 0 radical (unpaired) electrons. The Hall–Kier alpha value is -1.09. The van der Waals surface area contributed by atoms with Crippen LogP contribution < -0.4 is 10.1 Å². The number of rotatable bonds is 3. The van der Waals surface area contributed by atoms with Crippen molar-refractivity contribution in [2.75, 3.05) is 14.2 Å². The van der Waals surface area contributed by atoms with Crippen LogP contribution in [0, 0.1) is 5.82 Å². The second kappa shape index (κ2) is 5.50. The van der Waals surface area contributed by atoms with E-state index in [1.165, 1.54) is 20.0 Å². The minimum absolute atomic E-state index is 0.249. The van der Waals surface area contributed by atoms with Gasteiger partial charge in [-0.1, -0.05) is 6.07 Å². The van der Waals surface area contributed by atoms with Gasteiger partial charge in [-0.25, -0.2) is 4.39 Å². The number of methoxy groups -OCH3 is 1. The Morgan fingerprint density at radius 1 is 1.24 bits per heavy atom. The number of ether oxygens (including phenoxy) is 1. The van der Waals surface area contributed by atoms with Crippen LogP contribution in [0.25, 0.3) is 0 Å². The summed E-state index contributed by atoms with van der Waals surface area (Å²) in [5, 5.41) is 3.31. The first kappa shape index (κ1) is 12.4. The zero-order valence-corrected chi connectivity index (χ0v) is 10.5. The van der Waals surface area contributed by atoms with Crippen molar-refractivity contribution in [1.82, 2.24) is 5.32 Å². The SMILES string of the molecule is CNC1CCC(c2ccc(OC)c(F)c2)CC1. The van der Waals surface area contributed by atoms with Gasteiger partial charge >= 0.3 is 0 Å². The Balaban J connectivity index is 2.06. The fraction of sp³-hybridized carbons (Fsp3) is 0.571. The smallest absolute Gasteiger partial charge is 0.165 e. The Labute approximate surface area is 102 Å². The summed E-state index contributed by atoms with van der Waals surface area (Å²) < 4.78 is 18.5. The molecule has 0 unspecified atom stereocenters. The monoisotopic (exact) mass is 237 g/mol. The van der Waals surface area contributed by atoms with E-state index in [2.05, 4.69) is 5.32 Å². The molecule has 0 heterocycles. The van der Waals surface area contributed by atoms with Gasteiger partial charge in [-0.05, 0) is 56.3 Å². The second-order valence-corrected chi connectivity index (χ2v) is 4.73. The van der Waals surface area contributed by atoms with Crippen LogP contribution in [0.4, 0.5) is 4.39 Å². The zero-order chi connectivity index (χ0) is 12.3. The molecule has 1 aromatic carbocycles. The molecule has 1 aliphatic carbocycles. The van der Waals surface area contributed by atoms with Gasteiger partial charge in [0, 0.05) is 6.04 Å². The molecule has 0 atom stereocenters.